The van der Waals surface area contributed by atoms with Gasteiger partial charge in [-0.2, -0.15) is 0 Å². The fourth-order valence-corrected chi connectivity index (χ4v) is 6.02. The minimum Gasteiger partial charge on any atom is -0.462 e. The van der Waals surface area contributed by atoms with Gasteiger partial charge in [-0.25, -0.2) is 4.57 Å². The van der Waals surface area contributed by atoms with Gasteiger partial charge in [0.2, 0.25) is 0 Å². The van der Waals surface area contributed by atoms with E-state index < -0.39 is 44.7 Å². The summed E-state index contributed by atoms with van der Waals surface area (Å²) in [5, 5.41) is 20.4. The number of esters is 2. The lowest BCUT2D eigenvalue weighted by atomic mass is 10.0. The fraction of sp³-hybridized carbons (Fsp3) is 0.756. The van der Waals surface area contributed by atoms with Crippen molar-refractivity contribution >= 4 is 19.8 Å². The predicted molar refractivity (Wildman–Crippen MR) is 213 cm³/mol. The van der Waals surface area contributed by atoms with Crippen LogP contribution in [-0.4, -0.2) is 71.7 Å². The predicted octanol–water partition coefficient (Wildman–Crippen LogP) is 9.10. The van der Waals surface area contributed by atoms with Gasteiger partial charge in [-0.15, -0.1) is 0 Å². The molecule has 11 nitrogen and oxygen atoms in total. The Hall–Kier alpha value is -2.11. The van der Waals surface area contributed by atoms with Crippen LogP contribution >= 0.6 is 7.82 Å². The number of aliphatic hydroxyl groups excluding tert-OH is 2. The summed E-state index contributed by atoms with van der Waals surface area (Å²) in [4.78, 5) is 34.8. The van der Waals surface area contributed by atoms with Crippen molar-refractivity contribution < 1.29 is 47.8 Å². The van der Waals surface area contributed by atoms with Gasteiger partial charge in [0.05, 0.1) is 25.4 Å². The van der Waals surface area contributed by atoms with E-state index in [0.717, 1.165) is 89.9 Å². The second kappa shape index (κ2) is 36.8. The molecule has 0 amide bonds. The summed E-state index contributed by atoms with van der Waals surface area (Å²) >= 11 is 0. The van der Waals surface area contributed by atoms with Gasteiger partial charge in [0, 0.05) is 19.4 Å². The molecule has 0 bridgehead atoms. The molecule has 0 saturated carbocycles. The first-order chi connectivity index (χ1) is 25.6. The third-order valence-electron chi connectivity index (χ3n) is 8.40. The van der Waals surface area contributed by atoms with Gasteiger partial charge in [0.15, 0.2) is 6.10 Å². The Labute approximate surface area is 321 Å². The van der Waals surface area contributed by atoms with Gasteiger partial charge >= 0.3 is 19.8 Å². The molecule has 0 aliphatic heterocycles. The van der Waals surface area contributed by atoms with E-state index in [1.807, 2.05) is 6.08 Å². The molecule has 0 rings (SSSR count). The molecule has 0 aliphatic rings. The lowest BCUT2D eigenvalue weighted by Gasteiger charge is -2.20. The molecular weight excluding hydrogens is 697 g/mol. The standard InChI is InChI=1S/C41H74NO10P/c1-3-5-7-9-11-12-13-14-15-16-17-18-19-23-28-32-41(46)52-37(36-51-53(47,48)50-34-33-42)35-49-40(45)31-27-24-20-22-26-30-39(44)38(43)29-25-21-10-8-6-4-2/h5,7,11-12,14-15,21,25,37-39,43-44H,3-4,6,8-10,13,16-20,22-24,26-36,42H2,1-2H3,(H,47,48)/b7-5-,12-11-,15-14-,25-21-/t37-,38-,39-/m1/s1. The minimum absolute atomic E-state index is 0.0257. The summed E-state index contributed by atoms with van der Waals surface area (Å²) in [5.74, 6) is -0.965. The SMILES string of the molecule is CC/C=C\C/C=C\C/C=C\CCCCCCCC(=O)O[C@H](COC(=O)CCCCCCC[C@@H](O)[C@H](O)C/C=C\CCCCC)COP(=O)(O)OCCN. The monoisotopic (exact) mass is 772 g/mol. The molecule has 0 aromatic rings. The molecule has 0 spiro atoms. The van der Waals surface area contributed by atoms with Crippen molar-refractivity contribution in [2.24, 2.45) is 5.73 Å². The smallest absolute Gasteiger partial charge is 0.462 e. The highest BCUT2D eigenvalue weighted by Crippen LogP contribution is 2.43. The number of nitrogens with two attached hydrogens (primary N) is 1. The van der Waals surface area contributed by atoms with Crippen molar-refractivity contribution in [2.75, 3.05) is 26.4 Å². The molecule has 0 radical (unpaired) electrons. The molecule has 0 fully saturated rings. The van der Waals surface area contributed by atoms with Gasteiger partial charge in [0.1, 0.15) is 6.61 Å². The third kappa shape index (κ3) is 35.4. The number of hydrogen-bond donors (Lipinski definition) is 4. The first-order valence-electron chi connectivity index (χ1n) is 20.3. The maximum atomic E-state index is 12.5. The van der Waals surface area contributed by atoms with Crippen LogP contribution in [0.1, 0.15) is 155 Å². The van der Waals surface area contributed by atoms with E-state index in [1.165, 1.54) is 12.8 Å². The number of unbranched alkanes of at least 4 members (excludes halogenated alkanes) is 12. The Morgan fingerprint density at radius 3 is 1.89 bits per heavy atom. The summed E-state index contributed by atoms with van der Waals surface area (Å²) in [6.07, 6.45) is 33.1. The van der Waals surface area contributed by atoms with Crippen LogP contribution < -0.4 is 5.73 Å². The molecule has 12 heteroatoms. The van der Waals surface area contributed by atoms with Gasteiger partial charge < -0.3 is 30.3 Å². The topological polar surface area (TPSA) is 175 Å². The Balaban J connectivity index is 4.35. The van der Waals surface area contributed by atoms with Crippen LogP contribution in [0.25, 0.3) is 0 Å². The zero-order valence-electron chi connectivity index (χ0n) is 33.0. The molecule has 1 unspecified atom stereocenters. The molecular formula is C41H74NO10P. The second-order valence-corrected chi connectivity index (χ2v) is 14.9. The maximum absolute atomic E-state index is 12.5. The molecule has 4 atom stereocenters. The summed E-state index contributed by atoms with van der Waals surface area (Å²) in [6.45, 7) is 3.34. The van der Waals surface area contributed by atoms with Gasteiger partial charge in [-0.05, 0) is 70.6 Å². The van der Waals surface area contributed by atoms with Crippen molar-refractivity contribution in [1.82, 2.24) is 0 Å². The number of hydrogen-bond acceptors (Lipinski definition) is 10. The number of allylic oxidation sites excluding steroid dienone is 7. The number of ether oxygens (including phenoxy) is 2. The average molecular weight is 772 g/mol. The number of rotatable bonds is 37. The molecule has 5 N–H and O–H groups in total. The molecule has 0 saturated heterocycles. The highest BCUT2D eigenvalue weighted by Gasteiger charge is 2.26. The molecule has 0 aromatic heterocycles. The number of phosphoric acid groups is 1. The van der Waals surface area contributed by atoms with Crippen molar-refractivity contribution in [3.8, 4) is 0 Å². The van der Waals surface area contributed by atoms with E-state index in [4.69, 9.17) is 24.3 Å². The Morgan fingerprint density at radius 2 is 1.23 bits per heavy atom. The molecule has 53 heavy (non-hydrogen) atoms. The lowest BCUT2D eigenvalue weighted by molar-refractivity contribution is -0.161. The normalized spacial score (nSPS) is 15.1. The first kappa shape index (κ1) is 50.9. The van der Waals surface area contributed by atoms with Crippen LogP contribution in [0.2, 0.25) is 0 Å². The maximum Gasteiger partial charge on any atom is 0.472 e. The van der Waals surface area contributed by atoms with Crippen molar-refractivity contribution in [3.63, 3.8) is 0 Å². The van der Waals surface area contributed by atoms with Gasteiger partial charge in [-0.1, -0.05) is 120 Å². The third-order valence-corrected chi connectivity index (χ3v) is 9.38. The molecule has 0 aliphatic carbocycles. The zero-order chi connectivity index (χ0) is 39.3. The molecule has 308 valence electrons. The zero-order valence-corrected chi connectivity index (χ0v) is 33.9. The van der Waals surface area contributed by atoms with E-state index in [1.54, 1.807) is 0 Å². The summed E-state index contributed by atoms with van der Waals surface area (Å²) in [7, 11) is -4.42. The minimum atomic E-state index is -4.42. The number of carbonyl (C=O) groups excluding carboxylic acids is 2. The Kier molecular flexibility index (Phi) is 35.4. The van der Waals surface area contributed by atoms with E-state index in [-0.39, 0.29) is 32.6 Å². The quantitative estimate of drug-likeness (QED) is 0.0205. The molecule has 0 aromatic carbocycles. The Morgan fingerprint density at radius 1 is 0.660 bits per heavy atom. The van der Waals surface area contributed by atoms with E-state index in [2.05, 4.69) is 56.4 Å². The van der Waals surface area contributed by atoms with E-state index in [9.17, 15) is 29.3 Å². The summed E-state index contributed by atoms with van der Waals surface area (Å²) < 4.78 is 32.6. The van der Waals surface area contributed by atoms with Crippen molar-refractivity contribution in [3.05, 3.63) is 48.6 Å². The molecule has 0 heterocycles. The number of aliphatic hydroxyl groups is 2. The van der Waals surface area contributed by atoms with Crippen LogP contribution in [0.15, 0.2) is 48.6 Å². The van der Waals surface area contributed by atoms with Crippen LogP contribution in [0.4, 0.5) is 0 Å². The number of phosphoric ester groups is 1. The number of carbonyl (C=O) groups is 2. The summed E-state index contributed by atoms with van der Waals surface area (Å²) in [6, 6.07) is 0. The largest absolute Gasteiger partial charge is 0.472 e. The van der Waals surface area contributed by atoms with Crippen LogP contribution in [0.3, 0.4) is 0 Å². The fourth-order valence-electron chi connectivity index (χ4n) is 5.26. The highest BCUT2D eigenvalue weighted by molar-refractivity contribution is 7.47. The van der Waals surface area contributed by atoms with Crippen LogP contribution in [0.5, 0.6) is 0 Å². The van der Waals surface area contributed by atoms with Crippen LogP contribution in [0, 0.1) is 0 Å². The van der Waals surface area contributed by atoms with Crippen molar-refractivity contribution in [1.29, 1.82) is 0 Å². The Bertz CT molecular complexity index is 1050. The first-order valence-corrected chi connectivity index (χ1v) is 21.8. The van der Waals surface area contributed by atoms with Gasteiger partial charge in [0.25, 0.3) is 0 Å². The van der Waals surface area contributed by atoms with Gasteiger partial charge in [-0.3, -0.25) is 18.6 Å². The van der Waals surface area contributed by atoms with E-state index >= 15 is 0 Å². The average Bonchev–Trinajstić information content (AvgIpc) is 3.14. The van der Waals surface area contributed by atoms with Crippen molar-refractivity contribution in [2.45, 2.75) is 173 Å². The lowest BCUT2D eigenvalue weighted by Crippen LogP contribution is -2.29. The summed E-state index contributed by atoms with van der Waals surface area (Å²) in [5.41, 5.74) is 5.33. The second-order valence-electron chi connectivity index (χ2n) is 13.4. The van der Waals surface area contributed by atoms with Crippen LogP contribution in [-0.2, 0) is 32.7 Å². The van der Waals surface area contributed by atoms with E-state index in [0.29, 0.717) is 25.7 Å². The highest BCUT2D eigenvalue weighted by atomic mass is 31.2.